The molecule has 4 heteroatoms. The molecule has 1 heterocycles. The second kappa shape index (κ2) is 4.97. The van der Waals surface area contributed by atoms with Crippen molar-refractivity contribution in [3.63, 3.8) is 0 Å². The van der Waals surface area contributed by atoms with E-state index in [4.69, 9.17) is 4.74 Å². The minimum atomic E-state index is 0.154. The molecule has 0 fully saturated rings. The first-order valence-corrected chi connectivity index (χ1v) is 6.70. The molecule has 0 aliphatic heterocycles. The van der Waals surface area contributed by atoms with Crippen LogP contribution in [-0.4, -0.2) is 10.1 Å². The van der Waals surface area contributed by atoms with Gasteiger partial charge in [-0.2, -0.15) is 0 Å². The Hall–Kier alpha value is -1.94. The van der Waals surface area contributed by atoms with Crippen LogP contribution >= 0.6 is 15.9 Å². The van der Waals surface area contributed by atoms with Crippen molar-refractivity contribution in [2.75, 3.05) is 0 Å². The predicted octanol–water partition coefficient (Wildman–Crippen LogP) is 4.22. The van der Waals surface area contributed by atoms with Crippen molar-refractivity contribution in [2.45, 2.75) is 6.61 Å². The van der Waals surface area contributed by atoms with Crippen molar-refractivity contribution >= 4 is 26.8 Å². The standard InChI is InChI=1S/C15H12BrNO2/c16-11-4-3-5-12-15(11)10(8-17-12)9-19-14-7-2-1-6-13(14)18/h1-8,17-18H,9H2. The summed E-state index contributed by atoms with van der Waals surface area (Å²) in [6.07, 6.45) is 1.93. The summed E-state index contributed by atoms with van der Waals surface area (Å²) in [7, 11) is 0. The first kappa shape index (κ1) is 12.1. The molecule has 0 saturated carbocycles. The fourth-order valence-corrected chi connectivity index (χ4v) is 2.68. The SMILES string of the molecule is Oc1ccccc1OCc1c[nH]c2cccc(Br)c12. The quantitative estimate of drug-likeness (QED) is 0.759. The summed E-state index contributed by atoms with van der Waals surface area (Å²) in [6, 6.07) is 13.0. The van der Waals surface area contributed by atoms with Crippen molar-refractivity contribution in [1.82, 2.24) is 4.98 Å². The number of halogens is 1. The molecule has 0 atom stereocenters. The molecule has 1 aromatic heterocycles. The largest absolute Gasteiger partial charge is 0.504 e. The Bertz CT molecular complexity index is 721. The van der Waals surface area contributed by atoms with Gasteiger partial charge in [0.2, 0.25) is 0 Å². The number of rotatable bonds is 3. The number of fused-ring (bicyclic) bond motifs is 1. The van der Waals surface area contributed by atoms with Gasteiger partial charge >= 0.3 is 0 Å². The molecule has 0 spiro atoms. The molecule has 0 bridgehead atoms. The van der Waals surface area contributed by atoms with Crippen LogP contribution in [0.3, 0.4) is 0 Å². The highest BCUT2D eigenvalue weighted by atomic mass is 79.9. The number of aromatic nitrogens is 1. The number of phenolic OH excluding ortho intramolecular Hbond substituents is 1. The highest BCUT2D eigenvalue weighted by molar-refractivity contribution is 9.10. The molecule has 2 aromatic carbocycles. The lowest BCUT2D eigenvalue weighted by Gasteiger charge is -2.07. The van der Waals surface area contributed by atoms with Gasteiger partial charge in [-0.25, -0.2) is 0 Å². The summed E-state index contributed by atoms with van der Waals surface area (Å²) >= 11 is 3.54. The maximum Gasteiger partial charge on any atom is 0.161 e. The normalized spacial score (nSPS) is 10.8. The fraction of sp³-hybridized carbons (Fsp3) is 0.0667. The number of benzene rings is 2. The first-order valence-electron chi connectivity index (χ1n) is 5.91. The maximum absolute atomic E-state index is 9.66. The van der Waals surface area contributed by atoms with E-state index in [1.54, 1.807) is 18.2 Å². The van der Waals surface area contributed by atoms with E-state index in [1.807, 2.05) is 30.5 Å². The zero-order valence-corrected chi connectivity index (χ0v) is 11.6. The number of nitrogens with one attached hydrogen (secondary N) is 1. The Morgan fingerprint density at radius 1 is 1.11 bits per heavy atom. The lowest BCUT2D eigenvalue weighted by Crippen LogP contribution is -1.94. The lowest BCUT2D eigenvalue weighted by atomic mass is 10.2. The van der Waals surface area contributed by atoms with Crippen LogP contribution in [-0.2, 0) is 6.61 Å². The van der Waals surface area contributed by atoms with Crippen LogP contribution in [0.2, 0.25) is 0 Å². The minimum absolute atomic E-state index is 0.154. The molecular formula is C15H12BrNO2. The molecule has 0 aliphatic carbocycles. The van der Waals surface area contributed by atoms with Gasteiger partial charge in [-0.1, -0.05) is 34.1 Å². The molecule has 0 radical (unpaired) electrons. The van der Waals surface area contributed by atoms with Crippen LogP contribution in [0.5, 0.6) is 11.5 Å². The van der Waals surface area contributed by atoms with Gasteiger partial charge < -0.3 is 14.8 Å². The molecule has 3 aromatic rings. The molecule has 0 unspecified atom stereocenters. The molecule has 0 amide bonds. The van der Waals surface area contributed by atoms with Crippen LogP contribution in [0.1, 0.15) is 5.56 Å². The second-order valence-electron chi connectivity index (χ2n) is 4.23. The highest BCUT2D eigenvalue weighted by Gasteiger charge is 2.08. The molecule has 2 N–H and O–H groups in total. The van der Waals surface area contributed by atoms with E-state index in [1.165, 1.54) is 0 Å². The van der Waals surface area contributed by atoms with Crippen molar-refractivity contribution in [3.05, 3.63) is 58.7 Å². The van der Waals surface area contributed by atoms with Crippen molar-refractivity contribution in [2.24, 2.45) is 0 Å². The van der Waals surface area contributed by atoms with E-state index >= 15 is 0 Å². The zero-order chi connectivity index (χ0) is 13.2. The summed E-state index contributed by atoms with van der Waals surface area (Å²) in [5, 5.41) is 10.8. The van der Waals surface area contributed by atoms with Crippen LogP contribution in [0, 0.1) is 0 Å². The molecular weight excluding hydrogens is 306 g/mol. The predicted molar refractivity (Wildman–Crippen MR) is 78.4 cm³/mol. The van der Waals surface area contributed by atoms with E-state index in [0.29, 0.717) is 12.4 Å². The number of H-pyrrole nitrogens is 1. The Morgan fingerprint density at radius 2 is 1.95 bits per heavy atom. The van der Waals surface area contributed by atoms with Crippen LogP contribution in [0.15, 0.2) is 53.1 Å². The van der Waals surface area contributed by atoms with E-state index in [0.717, 1.165) is 20.9 Å². The summed E-state index contributed by atoms with van der Waals surface area (Å²) < 4.78 is 6.68. The summed E-state index contributed by atoms with van der Waals surface area (Å²) in [5.41, 5.74) is 2.11. The fourth-order valence-electron chi connectivity index (χ4n) is 2.06. The van der Waals surface area contributed by atoms with Crippen LogP contribution in [0.4, 0.5) is 0 Å². The zero-order valence-electron chi connectivity index (χ0n) is 10.1. The third-order valence-electron chi connectivity index (χ3n) is 2.99. The number of aromatic amines is 1. The Kier molecular flexibility index (Phi) is 3.17. The number of aromatic hydroxyl groups is 1. The van der Waals surface area contributed by atoms with Crippen LogP contribution < -0.4 is 4.74 Å². The van der Waals surface area contributed by atoms with Gasteiger partial charge in [0, 0.05) is 27.1 Å². The summed E-state index contributed by atoms with van der Waals surface area (Å²) in [6.45, 7) is 0.403. The number of para-hydroxylation sites is 2. The molecule has 96 valence electrons. The highest BCUT2D eigenvalue weighted by Crippen LogP contribution is 2.29. The Morgan fingerprint density at radius 3 is 2.79 bits per heavy atom. The minimum Gasteiger partial charge on any atom is -0.504 e. The van der Waals surface area contributed by atoms with Gasteiger partial charge in [0.05, 0.1) is 0 Å². The van der Waals surface area contributed by atoms with E-state index in [-0.39, 0.29) is 5.75 Å². The van der Waals surface area contributed by atoms with E-state index < -0.39 is 0 Å². The lowest BCUT2D eigenvalue weighted by molar-refractivity contribution is 0.290. The molecule has 3 rings (SSSR count). The molecule has 0 aliphatic rings. The van der Waals surface area contributed by atoms with Crippen LogP contribution in [0.25, 0.3) is 10.9 Å². The Labute approximate surface area is 119 Å². The third kappa shape index (κ3) is 2.31. The van der Waals surface area contributed by atoms with Gasteiger partial charge in [-0.3, -0.25) is 0 Å². The Balaban J connectivity index is 1.89. The molecule has 19 heavy (non-hydrogen) atoms. The van der Waals surface area contributed by atoms with Gasteiger partial charge in [0.1, 0.15) is 6.61 Å². The smallest absolute Gasteiger partial charge is 0.161 e. The van der Waals surface area contributed by atoms with Gasteiger partial charge in [0.15, 0.2) is 11.5 Å². The summed E-state index contributed by atoms with van der Waals surface area (Å²) in [4.78, 5) is 3.21. The second-order valence-corrected chi connectivity index (χ2v) is 5.09. The van der Waals surface area contributed by atoms with Crippen molar-refractivity contribution < 1.29 is 9.84 Å². The summed E-state index contributed by atoms with van der Waals surface area (Å²) in [5.74, 6) is 0.644. The van der Waals surface area contributed by atoms with Crippen molar-refractivity contribution in [3.8, 4) is 11.5 Å². The van der Waals surface area contributed by atoms with Gasteiger partial charge in [-0.05, 0) is 24.3 Å². The molecule has 3 nitrogen and oxygen atoms in total. The number of phenols is 1. The first-order chi connectivity index (χ1) is 9.25. The van der Waals surface area contributed by atoms with E-state index in [2.05, 4.69) is 20.9 Å². The number of hydrogen-bond donors (Lipinski definition) is 2. The average molecular weight is 318 g/mol. The third-order valence-corrected chi connectivity index (χ3v) is 3.65. The molecule has 0 saturated heterocycles. The number of hydrogen-bond acceptors (Lipinski definition) is 2. The van der Waals surface area contributed by atoms with Gasteiger partial charge in [0.25, 0.3) is 0 Å². The van der Waals surface area contributed by atoms with Gasteiger partial charge in [-0.15, -0.1) is 0 Å². The van der Waals surface area contributed by atoms with Crippen molar-refractivity contribution in [1.29, 1.82) is 0 Å². The topological polar surface area (TPSA) is 45.2 Å². The monoisotopic (exact) mass is 317 g/mol. The van der Waals surface area contributed by atoms with E-state index in [9.17, 15) is 5.11 Å². The average Bonchev–Trinajstić information content (AvgIpc) is 2.83. The maximum atomic E-state index is 9.66. The number of ether oxygens (including phenoxy) is 1.